The molecule has 3 aromatic heterocycles. The first-order valence-corrected chi connectivity index (χ1v) is 10.5. The van der Waals surface area contributed by atoms with Gasteiger partial charge in [-0.2, -0.15) is 5.10 Å². The predicted molar refractivity (Wildman–Crippen MR) is 118 cm³/mol. The van der Waals surface area contributed by atoms with Crippen LogP contribution in [0, 0.1) is 0 Å². The second-order valence-corrected chi connectivity index (χ2v) is 8.36. The van der Waals surface area contributed by atoms with Crippen LogP contribution in [0.15, 0.2) is 42.6 Å². The average Bonchev–Trinajstić information content (AvgIpc) is 3.46. The zero-order chi connectivity index (χ0) is 23.6. The molecule has 1 aliphatic rings. The van der Waals surface area contributed by atoms with Crippen molar-refractivity contribution < 1.29 is 19.1 Å². The van der Waals surface area contributed by atoms with Gasteiger partial charge in [-0.15, -0.1) is 10.2 Å². The number of methoxy groups -OCH3 is 1. The SMILES string of the molecule is COc1ccc(-n2nc(C(=O)N3CCCN3C(=O)OC(C)(C)C)cc2-c2ccccn2)nn1. The molecule has 0 bridgehead atoms. The van der Waals surface area contributed by atoms with Crippen LogP contribution in [0.2, 0.25) is 0 Å². The number of pyridine rings is 1. The van der Waals surface area contributed by atoms with Gasteiger partial charge in [-0.3, -0.25) is 9.78 Å². The van der Waals surface area contributed by atoms with E-state index in [9.17, 15) is 9.59 Å². The molecule has 2 amide bonds. The molecule has 0 N–H and O–H groups in total. The van der Waals surface area contributed by atoms with Crippen LogP contribution in [0.5, 0.6) is 5.88 Å². The Labute approximate surface area is 190 Å². The molecule has 0 radical (unpaired) electrons. The highest BCUT2D eigenvalue weighted by Crippen LogP contribution is 2.24. The second kappa shape index (κ2) is 8.85. The molecule has 1 aliphatic heterocycles. The van der Waals surface area contributed by atoms with Crippen LogP contribution in [-0.4, -0.2) is 72.8 Å². The van der Waals surface area contributed by atoms with E-state index in [-0.39, 0.29) is 5.69 Å². The Morgan fingerprint density at radius 3 is 2.45 bits per heavy atom. The lowest BCUT2D eigenvalue weighted by Gasteiger charge is -2.29. The lowest BCUT2D eigenvalue weighted by molar-refractivity contribution is -0.0195. The Morgan fingerprint density at radius 1 is 1.03 bits per heavy atom. The van der Waals surface area contributed by atoms with E-state index in [1.54, 1.807) is 51.2 Å². The van der Waals surface area contributed by atoms with Crippen molar-refractivity contribution in [2.45, 2.75) is 32.8 Å². The Morgan fingerprint density at radius 2 is 1.82 bits per heavy atom. The normalized spacial score (nSPS) is 13.8. The third kappa shape index (κ3) is 4.76. The van der Waals surface area contributed by atoms with Crippen LogP contribution in [0.25, 0.3) is 17.2 Å². The lowest BCUT2D eigenvalue weighted by atomic mass is 10.2. The topological polar surface area (TPSA) is 116 Å². The minimum Gasteiger partial charge on any atom is -0.480 e. The summed E-state index contributed by atoms with van der Waals surface area (Å²) in [5.74, 6) is 0.323. The molecule has 3 aromatic rings. The number of carbonyl (C=O) groups excluding carboxylic acids is 2. The number of hydrazine groups is 1. The minimum absolute atomic E-state index is 0.142. The van der Waals surface area contributed by atoms with Crippen LogP contribution in [0.3, 0.4) is 0 Å². The molecular weight excluding hydrogens is 426 g/mol. The smallest absolute Gasteiger partial charge is 0.429 e. The standard InChI is InChI=1S/C22H25N7O4/c1-22(2,3)33-21(31)28-13-7-12-27(28)20(30)16-14-17(15-8-5-6-11-23-15)29(26-16)18-9-10-19(32-4)25-24-18/h5-6,8-11,14H,7,12-13H2,1-4H3. The maximum Gasteiger partial charge on any atom is 0.429 e. The van der Waals surface area contributed by atoms with E-state index in [1.165, 1.54) is 21.8 Å². The van der Waals surface area contributed by atoms with E-state index in [4.69, 9.17) is 9.47 Å². The first-order chi connectivity index (χ1) is 15.8. The van der Waals surface area contributed by atoms with Crippen molar-refractivity contribution in [1.29, 1.82) is 0 Å². The van der Waals surface area contributed by atoms with Gasteiger partial charge in [0.25, 0.3) is 5.91 Å². The fourth-order valence-electron chi connectivity index (χ4n) is 3.35. The molecule has 0 aromatic carbocycles. The van der Waals surface area contributed by atoms with Gasteiger partial charge in [0, 0.05) is 25.4 Å². The van der Waals surface area contributed by atoms with E-state index in [1.807, 2.05) is 12.1 Å². The number of amides is 2. The number of rotatable bonds is 4. The quantitative estimate of drug-likeness (QED) is 0.595. The summed E-state index contributed by atoms with van der Waals surface area (Å²) in [6, 6.07) is 10.4. The molecule has 11 nitrogen and oxygen atoms in total. The van der Waals surface area contributed by atoms with Crippen molar-refractivity contribution in [2.24, 2.45) is 0 Å². The van der Waals surface area contributed by atoms with Crippen LogP contribution >= 0.6 is 0 Å². The lowest BCUT2D eigenvalue weighted by Crippen LogP contribution is -2.47. The van der Waals surface area contributed by atoms with Crippen molar-refractivity contribution in [1.82, 2.24) is 35.0 Å². The third-order valence-electron chi connectivity index (χ3n) is 4.78. The Hall–Kier alpha value is -4.02. The maximum absolute atomic E-state index is 13.4. The first-order valence-electron chi connectivity index (χ1n) is 10.5. The summed E-state index contributed by atoms with van der Waals surface area (Å²) >= 11 is 0. The molecule has 1 saturated heterocycles. The number of ether oxygens (including phenoxy) is 2. The highest BCUT2D eigenvalue weighted by molar-refractivity contribution is 5.94. The van der Waals surface area contributed by atoms with Crippen LogP contribution in [0.1, 0.15) is 37.7 Å². The highest BCUT2D eigenvalue weighted by Gasteiger charge is 2.35. The summed E-state index contributed by atoms with van der Waals surface area (Å²) in [6.45, 7) is 6.11. The molecule has 1 fully saturated rings. The Balaban J connectivity index is 1.69. The molecule has 4 rings (SSSR count). The number of carbonyl (C=O) groups is 2. The van der Waals surface area contributed by atoms with E-state index in [0.717, 1.165) is 0 Å². The summed E-state index contributed by atoms with van der Waals surface area (Å²) < 4.78 is 12.0. The molecule has 33 heavy (non-hydrogen) atoms. The molecule has 0 atom stereocenters. The maximum atomic E-state index is 13.4. The summed E-state index contributed by atoms with van der Waals surface area (Å²) in [7, 11) is 1.50. The van der Waals surface area contributed by atoms with Gasteiger partial charge < -0.3 is 9.47 Å². The van der Waals surface area contributed by atoms with Gasteiger partial charge in [-0.25, -0.2) is 19.5 Å². The van der Waals surface area contributed by atoms with Gasteiger partial charge in [0.2, 0.25) is 5.88 Å². The molecular formula is C22H25N7O4. The molecule has 0 saturated carbocycles. The van der Waals surface area contributed by atoms with Gasteiger partial charge in [0.15, 0.2) is 11.5 Å². The highest BCUT2D eigenvalue weighted by atomic mass is 16.6. The summed E-state index contributed by atoms with van der Waals surface area (Å²) in [5, 5.41) is 15.3. The van der Waals surface area contributed by atoms with Crippen LogP contribution < -0.4 is 4.74 Å². The zero-order valence-corrected chi connectivity index (χ0v) is 18.9. The van der Waals surface area contributed by atoms with Crippen molar-refractivity contribution >= 4 is 12.0 Å². The summed E-state index contributed by atoms with van der Waals surface area (Å²) in [4.78, 5) is 30.4. The first kappa shape index (κ1) is 22.2. The summed E-state index contributed by atoms with van der Waals surface area (Å²) in [5.41, 5.74) is 0.632. The fraction of sp³-hybridized carbons (Fsp3) is 0.364. The van der Waals surface area contributed by atoms with E-state index in [2.05, 4.69) is 20.3 Å². The largest absolute Gasteiger partial charge is 0.480 e. The number of nitrogens with zero attached hydrogens (tertiary/aromatic N) is 7. The molecule has 172 valence electrons. The minimum atomic E-state index is -0.671. The molecule has 4 heterocycles. The van der Waals surface area contributed by atoms with Crippen LogP contribution in [0.4, 0.5) is 4.79 Å². The van der Waals surface area contributed by atoms with Gasteiger partial charge in [0.05, 0.1) is 18.5 Å². The Kier molecular flexibility index (Phi) is 5.95. The molecule has 0 unspecified atom stereocenters. The molecule has 11 heteroatoms. The molecule has 0 aliphatic carbocycles. The van der Waals surface area contributed by atoms with Gasteiger partial charge in [0.1, 0.15) is 5.60 Å². The number of hydrogen-bond acceptors (Lipinski definition) is 8. The third-order valence-corrected chi connectivity index (χ3v) is 4.78. The van der Waals surface area contributed by atoms with Crippen molar-refractivity contribution in [2.75, 3.05) is 20.2 Å². The average molecular weight is 451 g/mol. The second-order valence-electron chi connectivity index (χ2n) is 8.36. The molecule has 0 spiro atoms. The van der Waals surface area contributed by atoms with Crippen molar-refractivity contribution in [3.63, 3.8) is 0 Å². The van der Waals surface area contributed by atoms with Gasteiger partial charge in [-0.1, -0.05) is 6.07 Å². The number of hydrogen-bond donors (Lipinski definition) is 0. The zero-order valence-electron chi connectivity index (χ0n) is 18.9. The van der Waals surface area contributed by atoms with Crippen molar-refractivity contribution in [3.8, 4) is 23.1 Å². The fourth-order valence-corrected chi connectivity index (χ4v) is 3.35. The summed E-state index contributed by atoms with van der Waals surface area (Å²) in [6.07, 6.45) is 1.72. The van der Waals surface area contributed by atoms with Crippen molar-refractivity contribution in [3.05, 3.63) is 48.3 Å². The van der Waals surface area contributed by atoms with E-state index >= 15 is 0 Å². The van der Waals surface area contributed by atoms with Crippen LogP contribution in [-0.2, 0) is 4.74 Å². The van der Waals surface area contributed by atoms with E-state index < -0.39 is 17.6 Å². The monoisotopic (exact) mass is 451 g/mol. The van der Waals surface area contributed by atoms with Gasteiger partial charge >= 0.3 is 6.09 Å². The van der Waals surface area contributed by atoms with E-state index in [0.29, 0.717) is 42.6 Å². The predicted octanol–water partition coefficient (Wildman–Crippen LogP) is 2.73. The van der Waals surface area contributed by atoms with Gasteiger partial charge in [-0.05, 0) is 51.5 Å². The Bertz CT molecular complexity index is 1140. The number of aromatic nitrogens is 5.